The van der Waals surface area contributed by atoms with Crippen LogP contribution in [0.4, 0.5) is 5.69 Å². The second kappa shape index (κ2) is 8.89. The van der Waals surface area contributed by atoms with Crippen LogP contribution in [0.15, 0.2) is 42.5 Å². The lowest BCUT2D eigenvalue weighted by Gasteiger charge is -2.12. The van der Waals surface area contributed by atoms with E-state index in [-0.39, 0.29) is 16.8 Å². The summed E-state index contributed by atoms with van der Waals surface area (Å²) in [5, 5.41) is 15.2. The predicted octanol–water partition coefficient (Wildman–Crippen LogP) is 3.32. The van der Waals surface area contributed by atoms with Gasteiger partial charge in [-0.05, 0) is 55.0 Å². The van der Waals surface area contributed by atoms with Crippen molar-refractivity contribution >= 4 is 28.9 Å². The standard InChI is InChI=1S/C18H20N2O4S/c1-3-10-24-13-6-4-12(5-7-13)17(22)20-18(25)19-15-11-14(23-2)8-9-16(15)21/h4-9,11,21H,3,10H2,1-2H3,(H2,19,20,22,25). The van der Waals surface area contributed by atoms with Gasteiger partial charge >= 0.3 is 0 Å². The molecule has 0 bridgehead atoms. The van der Waals surface area contributed by atoms with E-state index < -0.39 is 0 Å². The summed E-state index contributed by atoms with van der Waals surface area (Å²) in [6.07, 6.45) is 0.916. The normalized spacial score (nSPS) is 10.0. The van der Waals surface area contributed by atoms with E-state index in [4.69, 9.17) is 21.7 Å². The fourth-order valence-electron chi connectivity index (χ4n) is 1.99. The molecule has 0 aliphatic heterocycles. The van der Waals surface area contributed by atoms with Crippen molar-refractivity contribution in [3.05, 3.63) is 48.0 Å². The summed E-state index contributed by atoms with van der Waals surface area (Å²) in [7, 11) is 1.52. The summed E-state index contributed by atoms with van der Waals surface area (Å²) >= 11 is 5.11. The van der Waals surface area contributed by atoms with Crippen molar-refractivity contribution in [2.24, 2.45) is 0 Å². The van der Waals surface area contributed by atoms with Crippen LogP contribution in [-0.4, -0.2) is 29.8 Å². The number of rotatable bonds is 6. The zero-order chi connectivity index (χ0) is 18.2. The molecule has 0 atom stereocenters. The number of amides is 1. The molecule has 0 radical (unpaired) electrons. The molecule has 0 aliphatic rings. The molecule has 25 heavy (non-hydrogen) atoms. The number of benzene rings is 2. The van der Waals surface area contributed by atoms with Gasteiger partial charge in [0.2, 0.25) is 0 Å². The SMILES string of the molecule is CCCOc1ccc(C(=O)NC(=S)Nc2cc(OC)ccc2O)cc1. The van der Waals surface area contributed by atoms with E-state index in [1.807, 2.05) is 6.92 Å². The summed E-state index contributed by atoms with van der Waals surface area (Å²) in [4.78, 5) is 12.2. The highest BCUT2D eigenvalue weighted by atomic mass is 32.1. The Morgan fingerprint density at radius 2 is 1.84 bits per heavy atom. The molecular formula is C18H20N2O4S. The average Bonchev–Trinajstić information content (AvgIpc) is 2.62. The lowest BCUT2D eigenvalue weighted by molar-refractivity contribution is 0.0977. The molecule has 1 amide bonds. The van der Waals surface area contributed by atoms with E-state index in [9.17, 15) is 9.90 Å². The number of carbonyl (C=O) groups is 1. The molecule has 0 aliphatic carbocycles. The van der Waals surface area contributed by atoms with Crippen molar-refractivity contribution in [2.45, 2.75) is 13.3 Å². The van der Waals surface area contributed by atoms with Crippen LogP contribution in [0.1, 0.15) is 23.7 Å². The van der Waals surface area contributed by atoms with Gasteiger partial charge in [0.05, 0.1) is 19.4 Å². The van der Waals surface area contributed by atoms with Crippen LogP contribution in [0.2, 0.25) is 0 Å². The number of thiocarbonyl (C=S) groups is 1. The Bertz CT molecular complexity index is 747. The Hall–Kier alpha value is -2.80. The molecule has 0 saturated heterocycles. The van der Waals surface area contributed by atoms with Gasteiger partial charge in [-0.25, -0.2) is 0 Å². The van der Waals surface area contributed by atoms with Gasteiger partial charge in [-0.3, -0.25) is 10.1 Å². The van der Waals surface area contributed by atoms with E-state index in [0.29, 0.717) is 29.4 Å². The second-order valence-electron chi connectivity index (χ2n) is 5.16. The number of phenols is 1. The van der Waals surface area contributed by atoms with Crippen molar-refractivity contribution in [3.63, 3.8) is 0 Å². The number of aromatic hydroxyl groups is 1. The van der Waals surface area contributed by atoms with E-state index in [2.05, 4.69) is 10.6 Å². The van der Waals surface area contributed by atoms with Gasteiger partial charge in [-0.1, -0.05) is 6.92 Å². The highest BCUT2D eigenvalue weighted by Gasteiger charge is 2.10. The number of methoxy groups -OCH3 is 1. The highest BCUT2D eigenvalue weighted by Crippen LogP contribution is 2.27. The zero-order valence-corrected chi connectivity index (χ0v) is 14.9. The summed E-state index contributed by atoms with van der Waals surface area (Å²) in [6.45, 7) is 2.65. The van der Waals surface area contributed by atoms with Gasteiger partial charge in [-0.2, -0.15) is 0 Å². The molecule has 7 heteroatoms. The minimum absolute atomic E-state index is 0.00479. The Labute approximate surface area is 151 Å². The quantitative estimate of drug-likeness (QED) is 0.542. The minimum Gasteiger partial charge on any atom is -0.506 e. The van der Waals surface area contributed by atoms with Gasteiger partial charge in [0, 0.05) is 11.6 Å². The maximum Gasteiger partial charge on any atom is 0.257 e. The first-order chi connectivity index (χ1) is 12.0. The van der Waals surface area contributed by atoms with Gasteiger partial charge in [-0.15, -0.1) is 0 Å². The summed E-state index contributed by atoms with van der Waals surface area (Å²) in [5.41, 5.74) is 0.788. The molecule has 0 heterocycles. The average molecular weight is 360 g/mol. The molecule has 0 aromatic heterocycles. The molecule has 0 saturated carbocycles. The largest absolute Gasteiger partial charge is 0.506 e. The van der Waals surface area contributed by atoms with Crippen LogP contribution < -0.4 is 20.1 Å². The van der Waals surface area contributed by atoms with Gasteiger partial charge in [0.15, 0.2) is 5.11 Å². The molecular weight excluding hydrogens is 340 g/mol. The first-order valence-corrected chi connectivity index (χ1v) is 8.16. The summed E-state index contributed by atoms with van der Waals surface area (Å²) < 4.78 is 10.6. The van der Waals surface area contributed by atoms with Gasteiger partial charge in [0.25, 0.3) is 5.91 Å². The fraction of sp³-hybridized carbons (Fsp3) is 0.222. The van der Waals surface area contributed by atoms with Gasteiger partial charge < -0.3 is 19.9 Å². The first-order valence-electron chi connectivity index (χ1n) is 7.75. The molecule has 132 valence electrons. The number of ether oxygens (including phenoxy) is 2. The molecule has 2 rings (SSSR count). The number of anilines is 1. The number of phenolic OH excluding ortho intramolecular Hbond substituents is 1. The number of carbonyl (C=O) groups excluding carboxylic acids is 1. The lowest BCUT2D eigenvalue weighted by Crippen LogP contribution is -2.34. The maximum atomic E-state index is 12.2. The molecule has 0 fully saturated rings. The Morgan fingerprint density at radius 1 is 1.16 bits per heavy atom. The number of nitrogens with one attached hydrogen (secondary N) is 2. The molecule has 0 unspecified atom stereocenters. The van der Waals surface area contributed by atoms with E-state index in [1.54, 1.807) is 36.4 Å². The van der Waals surface area contributed by atoms with Crippen molar-refractivity contribution in [3.8, 4) is 17.2 Å². The van der Waals surface area contributed by atoms with Crippen LogP contribution in [-0.2, 0) is 0 Å². The molecule has 2 aromatic rings. The van der Waals surface area contributed by atoms with Crippen LogP contribution in [0.5, 0.6) is 17.2 Å². The number of hydrogen-bond donors (Lipinski definition) is 3. The third-order valence-electron chi connectivity index (χ3n) is 3.27. The Morgan fingerprint density at radius 3 is 2.48 bits per heavy atom. The monoisotopic (exact) mass is 360 g/mol. The van der Waals surface area contributed by atoms with Crippen molar-refractivity contribution in [1.82, 2.24) is 5.32 Å². The van der Waals surface area contributed by atoms with E-state index >= 15 is 0 Å². The fourth-order valence-corrected chi connectivity index (χ4v) is 2.20. The highest BCUT2D eigenvalue weighted by molar-refractivity contribution is 7.80. The van der Waals surface area contributed by atoms with Gasteiger partial charge in [0.1, 0.15) is 17.2 Å². The van der Waals surface area contributed by atoms with Crippen LogP contribution >= 0.6 is 12.2 Å². The van der Waals surface area contributed by atoms with Crippen LogP contribution in [0.3, 0.4) is 0 Å². The zero-order valence-electron chi connectivity index (χ0n) is 14.0. The lowest BCUT2D eigenvalue weighted by atomic mass is 10.2. The second-order valence-corrected chi connectivity index (χ2v) is 5.57. The third kappa shape index (κ3) is 5.36. The molecule has 2 aromatic carbocycles. The van der Waals surface area contributed by atoms with Crippen molar-refractivity contribution in [1.29, 1.82) is 0 Å². The van der Waals surface area contributed by atoms with Crippen LogP contribution in [0, 0.1) is 0 Å². The molecule has 0 spiro atoms. The Balaban J connectivity index is 1.97. The van der Waals surface area contributed by atoms with Crippen molar-refractivity contribution < 1.29 is 19.4 Å². The first kappa shape index (κ1) is 18.5. The summed E-state index contributed by atoms with van der Waals surface area (Å²) in [6, 6.07) is 11.4. The Kier molecular flexibility index (Phi) is 6.59. The van der Waals surface area contributed by atoms with E-state index in [1.165, 1.54) is 13.2 Å². The predicted molar refractivity (Wildman–Crippen MR) is 101 cm³/mol. The summed E-state index contributed by atoms with van der Waals surface area (Å²) in [5.74, 6) is 0.897. The molecule has 6 nitrogen and oxygen atoms in total. The van der Waals surface area contributed by atoms with Crippen LogP contribution in [0.25, 0.3) is 0 Å². The minimum atomic E-state index is -0.359. The maximum absolute atomic E-state index is 12.2. The van der Waals surface area contributed by atoms with Crippen molar-refractivity contribution in [2.75, 3.05) is 19.0 Å². The smallest absolute Gasteiger partial charge is 0.257 e. The van der Waals surface area contributed by atoms with E-state index in [0.717, 1.165) is 6.42 Å². The molecule has 3 N–H and O–H groups in total. The topological polar surface area (TPSA) is 79.8 Å². The number of hydrogen-bond acceptors (Lipinski definition) is 5. The third-order valence-corrected chi connectivity index (χ3v) is 3.47.